The highest BCUT2D eigenvalue weighted by atomic mass is 15.1. The first-order chi connectivity index (χ1) is 5.35. The highest BCUT2D eigenvalue weighted by Crippen LogP contribution is 1.92. The van der Waals surface area contributed by atoms with Crippen molar-refractivity contribution >= 4 is 0 Å². The van der Waals surface area contributed by atoms with Crippen LogP contribution in [0.15, 0.2) is 12.8 Å². The first-order valence-electron chi connectivity index (χ1n) is 4.12. The highest BCUT2D eigenvalue weighted by Gasteiger charge is 1.95. The molecule has 0 amide bonds. The highest BCUT2D eigenvalue weighted by molar-refractivity contribution is 4.70. The largest absolute Gasteiger partial charge is 0.378 e. The lowest BCUT2D eigenvalue weighted by Crippen LogP contribution is -2.23. The average molecular weight is 157 g/mol. The second-order valence-corrected chi connectivity index (χ2v) is 2.50. The van der Waals surface area contributed by atoms with E-state index in [0.717, 1.165) is 39.0 Å². The minimum Gasteiger partial charge on any atom is -0.378 e. The van der Waals surface area contributed by atoms with E-state index in [2.05, 4.69) is 11.5 Å². The van der Waals surface area contributed by atoms with Gasteiger partial charge in [0.1, 0.15) is 0 Å². The molecule has 3 heteroatoms. The Kier molecular flexibility index (Phi) is 7.19. The summed E-state index contributed by atoms with van der Waals surface area (Å²) in [5.41, 5.74) is 10.7. The summed E-state index contributed by atoms with van der Waals surface area (Å²) in [5.74, 6) is 0. The molecule has 0 radical (unpaired) electrons. The third-order valence-corrected chi connectivity index (χ3v) is 1.56. The van der Waals surface area contributed by atoms with Crippen molar-refractivity contribution in [1.82, 2.24) is 4.90 Å². The Morgan fingerprint density at radius 3 is 1.82 bits per heavy atom. The van der Waals surface area contributed by atoms with E-state index in [9.17, 15) is 0 Å². The minimum absolute atomic E-state index is 0.743. The number of nitrogens with two attached hydrogens (primary N) is 2. The predicted molar refractivity (Wildman–Crippen MR) is 49.1 cm³/mol. The van der Waals surface area contributed by atoms with Crippen LogP contribution in [0, 0.1) is 0 Å². The molecular formula is C8H19N3. The fraction of sp³-hybridized carbons (Fsp3) is 0.750. The number of rotatable bonds is 7. The molecule has 0 atom stereocenters. The first kappa shape index (κ1) is 10.5. The summed E-state index contributed by atoms with van der Waals surface area (Å²) >= 11 is 0. The Bertz CT molecular complexity index is 85.3. The normalized spacial score (nSPS) is 9.64. The molecule has 0 heterocycles. The van der Waals surface area contributed by atoms with Crippen LogP contribution < -0.4 is 11.5 Å². The molecule has 0 aromatic heterocycles. The summed E-state index contributed by atoms with van der Waals surface area (Å²) in [6, 6.07) is 0. The summed E-state index contributed by atoms with van der Waals surface area (Å²) in [7, 11) is 0. The zero-order valence-electron chi connectivity index (χ0n) is 7.13. The Morgan fingerprint density at radius 2 is 1.55 bits per heavy atom. The number of hydrogen-bond donors (Lipinski definition) is 2. The molecule has 0 unspecified atom stereocenters. The molecule has 3 nitrogen and oxygen atoms in total. The zero-order chi connectivity index (χ0) is 8.53. The van der Waals surface area contributed by atoms with Crippen molar-refractivity contribution in [2.75, 3.05) is 26.2 Å². The van der Waals surface area contributed by atoms with Gasteiger partial charge < -0.3 is 16.4 Å². The quantitative estimate of drug-likeness (QED) is 0.552. The average Bonchev–Trinajstić information content (AvgIpc) is 2.05. The van der Waals surface area contributed by atoms with Gasteiger partial charge in [0, 0.05) is 13.1 Å². The van der Waals surface area contributed by atoms with Crippen LogP contribution in [0.2, 0.25) is 0 Å². The van der Waals surface area contributed by atoms with Crippen LogP contribution >= 0.6 is 0 Å². The lowest BCUT2D eigenvalue weighted by Gasteiger charge is -2.18. The Morgan fingerprint density at radius 1 is 1.09 bits per heavy atom. The molecule has 0 aliphatic carbocycles. The summed E-state index contributed by atoms with van der Waals surface area (Å²) in [4.78, 5) is 2.15. The fourth-order valence-electron chi connectivity index (χ4n) is 0.883. The molecule has 0 saturated carbocycles. The summed E-state index contributed by atoms with van der Waals surface area (Å²) in [6.07, 6.45) is 3.90. The van der Waals surface area contributed by atoms with Crippen molar-refractivity contribution in [2.24, 2.45) is 11.5 Å². The van der Waals surface area contributed by atoms with Crippen molar-refractivity contribution < 1.29 is 0 Å². The van der Waals surface area contributed by atoms with E-state index in [1.165, 1.54) is 0 Å². The van der Waals surface area contributed by atoms with E-state index in [1.807, 2.05) is 6.20 Å². The molecule has 0 spiro atoms. The molecule has 0 aliphatic rings. The molecule has 0 fully saturated rings. The van der Waals surface area contributed by atoms with Gasteiger partial charge in [-0.25, -0.2) is 0 Å². The molecule has 0 saturated heterocycles. The van der Waals surface area contributed by atoms with Crippen LogP contribution in [0.25, 0.3) is 0 Å². The first-order valence-corrected chi connectivity index (χ1v) is 4.12. The molecular weight excluding hydrogens is 138 g/mol. The van der Waals surface area contributed by atoms with Crippen molar-refractivity contribution in [3.63, 3.8) is 0 Å². The van der Waals surface area contributed by atoms with E-state index in [4.69, 9.17) is 11.5 Å². The van der Waals surface area contributed by atoms with Gasteiger partial charge in [-0.3, -0.25) is 0 Å². The van der Waals surface area contributed by atoms with Gasteiger partial charge in [0.05, 0.1) is 0 Å². The maximum absolute atomic E-state index is 5.37. The summed E-state index contributed by atoms with van der Waals surface area (Å²) < 4.78 is 0. The standard InChI is InChI=1S/C8H19N3/c1-2-11(7-3-5-9)8-4-6-10/h2H,1,3-10H2. The van der Waals surface area contributed by atoms with Crippen molar-refractivity contribution in [1.29, 1.82) is 0 Å². The third-order valence-electron chi connectivity index (χ3n) is 1.56. The predicted octanol–water partition coefficient (Wildman–Crippen LogP) is 0.130. The van der Waals surface area contributed by atoms with E-state index >= 15 is 0 Å². The number of hydrogen-bond acceptors (Lipinski definition) is 3. The third kappa shape index (κ3) is 5.88. The van der Waals surface area contributed by atoms with Crippen LogP contribution in [0.5, 0.6) is 0 Å². The molecule has 0 rings (SSSR count). The topological polar surface area (TPSA) is 55.3 Å². The van der Waals surface area contributed by atoms with E-state index < -0.39 is 0 Å². The maximum atomic E-state index is 5.37. The van der Waals surface area contributed by atoms with Gasteiger partial charge in [0.25, 0.3) is 0 Å². The van der Waals surface area contributed by atoms with Crippen LogP contribution in [-0.2, 0) is 0 Å². The summed E-state index contributed by atoms with van der Waals surface area (Å²) in [6.45, 7) is 7.20. The lowest BCUT2D eigenvalue weighted by molar-refractivity contribution is 0.368. The van der Waals surface area contributed by atoms with Crippen LogP contribution in [0.3, 0.4) is 0 Å². The molecule has 11 heavy (non-hydrogen) atoms. The Labute approximate surface area is 69.0 Å². The molecule has 0 aliphatic heterocycles. The van der Waals surface area contributed by atoms with Gasteiger partial charge in [0.2, 0.25) is 0 Å². The fourth-order valence-corrected chi connectivity index (χ4v) is 0.883. The minimum atomic E-state index is 0.743. The monoisotopic (exact) mass is 157 g/mol. The van der Waals surface area contributed by atoms with Crippen molar-refractivity contribution in [2.45, 2.75) is 12.8 Å². The Hall–Kier alpha value is -0.540. The van der Waals surface area contributed by atoms with Crippen LogP contribution in [0.1, 0.15) is 12.8 Å². The van der Waals surface area contributed by atoms with Gasteiger partial charge in [-0.15, -0.1) is 0 Å². The Balaban J connectivity index is 3.33. The van der Waals surface area contributed by atoms with Crippen LogP contribution in [-0.4, -0.2) is 31.1 Å². The zero-order valence-corrected chi connectivity index (χ0v) is 7.13. The molecule has 0 aromatic rings. The van der Waals surface area contributed by atoms with E-state index in [-0.39, 0.29) is 0 Å². The molecule has 0 aromatic carbocycles. The summed E-state index contributed by atoms with van der Waals surface area (Å²) in [5, 5.41) is 0. The van der Waals surface area contributed by atoms with Crippen molar-refractivity contribution in [3.05, 3.63) is 12.8 Å². The van der Waals surface area contributed by atoms with E-state index in [1.54, 1.807) is 0 Å². The van der Waals surface area contributed by atoms with Crippen molar-refractivity contribution in [3.8, 4) is 0 Å². The van der Waals surface area contributed by atoms with Gasteiger partial charge in [-0.1, -0.05) is 6.58 Å². The van der Waals surface area contributed by atoms with Gasteiger partial charge in [-0.05, 0) is 32.1 Å². The van der Waals surface area contributed by atoms with Gasteiger partial charge >= 0.3 is 0 Å². The molecule has 4 N–H and O–H groups in total. The molecule has 66 valence electrons. The van der Waals surface area contributed by atoms with Gasteiger partial charge in [-0.2, -0.15) is 0 Å². The SMILES string of the molecule is C=CN(CCCN)CCCN. The maximum Gasteiger partial charge on any atom is 0.0184 e. The second kappa shape index (κ2) is 7.57. The second-order valence-electron chi connectivity index (χ2n) is 2.50. The van der Waals surface area contributed by atoms with Crippen LogP contribution in [0.4, 0.5) is 0 Å². The number of nitrogens with zero attached hydrogens (tertiary/aromatic N) is 1. The lowest BCUT2D eigenvalue weighted by atomic mass is 10.3. The molecule has 0 bridgehead atoms. The van der Waals surface area contributed by atoms with Gasteiger partial charge in [0.15, 0.2) is 0 Å². The van der Waals surface area contributed by atoms with E-state index in [0.29, 0.717) is 0 Å². The smallest absolute Gasteiger partial charge is 0.0184 e.